The molecule has 0 aliphatic carbocycles. The smallest absolute Gasteiger partial charge is 0.246 e. The number of carbonyl (C=O) groups excluding carboxylic acids is 4. The number of ketones is 3. The summed E-state index contributed by atoms with van der Waals surface area (Å²) in [7, 11) is 1.52. The predicted molar refractivity (Wildman–Crippen MR) is 142 cm³/mol. The molecule has 2 fully saturated rings. The fourth-order valence-corrected chi connectivity index (χ4v) is 4.82. The summed E-state index contributed by atoms with van der Waals surface area (Å²) in [5.74, 6) is -6.22. The van der Waals surface area contributed by atoms with Crippen LogP contribution < -0.4 is 10.1 Å². The van der Waals surface area contributed by atoms with Gasteiger partial charge in [0.05, 0.1) is 39.5 Å². The third-order valence-electron chi connectivity index (χ3n) is 7.31. The molecule has 4 atom stereocenters. The Morgan fingerprint density at radius 1 is 1.12 bits per heavy atom. The summed E-state index contributed by atoms with van der Waals surface area (Å²) in [5, 5.41) is 2.73. The van der Waals surface area contributed by atoms with E-state index in [-0.39, 0.29) is 31.8 Å². The minimum Gasteiger partial charge on any atom is -0.497 e. The van der Waals surface area contributed by atoms with Gasteiger partial charge in [0, 0.05) is 44.2 Å². The highest BCUT2D eigenvalue weighted by molar-refractivity contribution is 5.97. The summed E-state index contributed by atoms with van der Waals surface area (Å²) in [4.78, 5) is 54.1. The summed E-state index contributed by atoms with van der Waals surface area (Å²) >= 11 is 0. The zero-order valence-corrected chi connectivity index (χ0v) is 23.7. The zero-order chi connectivity index (χ0) is 29.5. The topological polar surface area (TPSA) is 115 Å². The van der Waals surface area contributed by atoms with Crippen LogP contribution in [0.3, 0.4) is 0 Å². The standard InChI is InChI=1S/C29H40F2N2O7/c1-19(13-22(34)17-33-9-11-39-12-10-33)27(37)32-24(14-20-5-7-23(38-4)8-6-20)25(35)15-21(16-29(3,30)31)26(36)28(2)18-40-28/h5-8,19,21,24H,9-18H2,1-4H3,(H,32,37). The van der Waals surface area contributed by atoms with Crippen LogP contribution in [0, 0.1) is 11.8 Å². The molecule has 0 spiro atoms. The number of nitrogens with one attached hydrogen (secondary N) is 1. The number of hydrogen-bond acceptors (Lipinski definition) is 8. The van der Waals surface area contributed by atoms with Crippen LogP contribution in [0.4, 0.5) is 8.78 Å². The number of benzene rings is 1. The lowest BCUT2D eigenvalue weighted by Crippen LogP contribution is -2.47. The average Bonchev–Trinajstić information content (AvgIpc) is 3.65. The molecule has 1 aromatic rings. The Bertz CT molecular complexity index is 1050. The van der Waals surface area contributed by atoms with E-state index < -0.39 is 59.7 Å². The number of methoxy groups -OCH3 is 1. The number of amides is 1. The van der Waals surface area contributed by atoms with Gasteiger partial charge in [-0.05, 0) is 38.0 Å². The second kappa shape index (κ2) is 13.7. The molecule has 2 aliphatic rings. The lowest BCUT2D eigenvalue weighted by molar-refractivity contribution is -0.136. The molecule has 1 amide bonds. The number of ether oxygens (including phenoxy) is 3. The Morgan fingerprint density at radius 2 is 1.75 bits per heavy atom. The Kier molecular flexibility index (Phi) is 10.9. The maximum absolute atomic E-state index is 14.0. The third-order valence-corrected chi connectivity index (χ3v) is 7.31. The van der Waals surface area contributed by atoms with E-state index in [0.717, 1.165) is 0 Å². The normalized spacial score (nSPS) is 21.6. The van der Waals surface area contributed by atoms with E-state index in [4.69, 9.17) is 14.2 Å². The highest BCUT2D eigenvalue weighted by atomic mass is 19.3. The van der Waals surface area contributed by atoms with E-state index >= 15 is 0 Å². The molecule has 0 radical (unpaired) electrons. The van der Waals surface area contributed by atoms with Crippen molar-refractivity contribution in [1.82, 2.24) is 10.2 Å². The van der Waals surface area contributed by atoms with Crippen LogP contribution in [0.5, 0.6) is 5.75 Å². The molecule has 9 nitrogen and oxygen atoms in total. The lowest BCUT2D eigenvalue weighted by Gasteiger charge is -2.26. The molecule has 2 heterocycles. The molecular formula is C29H40F2N2O7. The lowest BCUT2D eigenvalue weighted by atomic mass is 9.84. The molecule has 4 unspecified atom stereocenters. The van der Waals surface area contributed by atoms with Crippen molar-refractivity contribution in [3.05, 3.63) is 29.8 Å². The quantitative estimate of drug-likeness (QED) is 0.304. The van der Waals surface area contributed by atoms with E-state index in [2.05, 4.69) is 5.32 Å². The van der Waals surface area contributed by atoms with Crippen LogP contribution in [0.25, 0.3) is 0 Å². The fraction of sp³-hybridized carbons (Fsp3) is 0.655. The summed E-state index contributed by atoms with van der Waals surface area (Å²) in [5.41, 5.74) is -0.461. The second-order valence-electron chi connectivity index (χ2n) is 11.2. The van der Waals surface area contributed by atoms with Crippen molar-refractivity contribution in [1.29, 1.82) is 0 Å². The predicted octanol–water partition coefficient (Wildman–Crippen LogP) is 2.63. The Balaban J connectivity index is 1.71. The SMILES string of the molecule is COc1ccc(CC(NC(=O)C(C)CC(=O)CN2CCOCC2)C(=O)CC(CC(C)(F)F)C(=O)C2(C)CO2)cc1. The van der Waals surface area contributed by atoms with Gasteiger partial charge in [0.15, 0.2) is 11.6 Å². The molecule has 0 aromatic heterocycles. The molecule has 3 rings (SSSR count). The number of epoxide rings is 1. The van der Waals surface area contributed by atoms with Crippen LogP contribution in [0.15, 0.2) is 24.3 Å². The first-order chi connectivity index (χ1) is 18.8. The molecule has 2 saturated heterocycles. The van der Waals surface area contributed by atoms with Crippen molar-refractivity contribution in [3.8, 4) is 5.75 Å². The maximum atomic E-state index is 14.0. The van der Waals surface area contributed by atoms with Gasteiger partial charge in [0.25, 0.3) is 0 Å². The number of hydrogen-bond donors (Lipinski definition) is 1. The minimum absolute atomic E-state index is 0.00843. The van der Waals surface area contributed by atoms with Crippen molar-refractivity contribution < 1.29 is 42.2 Å². The number of morpholine rings is 1. The molecule has 1 N–H and O–H groups in total. The highest BCUT2D eigenvalue weighted by Crippen LogP contribution is 2.36. The summed E-state index contributed by atoms with van der Waals surface area (Å²) in [6.45, 7) is 6.56. The zero-order valence-electron chi connectivity index (χ0n) is 23.7. The van der Waals surface area contributed by atoms with Crippen molar-refractivity contribution in [3.63, 3.8) is 0 Å². The molecule has 0 saturated carbocycles. The van der Waals surface area contributed by atoms with Crippen LogP contribution in [0.2, 0.25) is 0 Å². The van der Waals surface area contributed by atoms with E-state index in [1.165, 1.54) is 14.0 Å². The van der Waals surface area contributed by atoms with Gasteiger partial charge in [0.2, 0.25) is 11.8 Å². The average molecular weight is 567 g/mol. The first kappa shape index (κ1) is 31.8. The first-order valence-corrected chi connectivity index (χ1v) is 13.6. The molecule has 1 aromatic carbocycles. The van der Waals surface area contributed by atoms with E-state index in [1.54, 1.807) is 31.2 Å². The number of alkyl halides is 2. The number of carbonyl (C=O) groups is 4. The summed E-state index contributed by atoms with van der Waals surface area (Å²) in [6, 6.07) is 5.82. The van der Waals surface area contributed by atoms with Gasteiger partial charge in [0.1, 0.15) is 17.1 Å². The number of nitrogens with zero attached hydrogens (tertiary/aromatic N) is 1. The van der Waals surface area contributed by atoms with Gasteiger partial charge in [-0.25, -0.2) is 8.78 Å². The van der Waals surface area contributed by atoms with Crippen LogP contribution in [-0.2, 0) is 35.1 Å². The number of rotatable bonds is 16. The van der Waals surface area contributed by atoms with Gasteiger partial charge in [-0.3, -0.25) is 24.1 Å². The van der Waals surface area contributed by atoms with E-state index in [0.29, 0.717) is 44.5 Å². The molecule has 40 heavy (non-hydrogen) atoms. The molecule has 2 aliphatic heterocycles. The molecular weight excluding hydrogens is 526 g/mol. The van der Waals surface area contributed by atoms with Crippen LogP contribution >= 0.6 is 0 Å². The molecule has 0 bridgehead atoms. The minimum atomic E-state index is -3.17. The molecule has 11 heteroatoms. The maximum Gasteiger partial charge on any atom is 0.246 e. The van der Waals surface area contributed by atoms with Crippen molar-refractivity contribution in [2.75, 3.05) is 46.6 Å². The van der Waals surface area contributed by atoms with Gasteiger partial charge in [-0.2, -0.15) is 0 Å². The third kappa shape index (κ3) is 9.71. The second-order valence-corrected chi connectivity index (χ2v) is 11.2. The summed E-state index contributed by atoms with van der Waals surface area (Å²) < 4.78 is 43.6. The Labute approximate surface area is 233 Å². The van der Waals surface area contributed by atoms with Gasteiger partial charge < -0.3 is 19.5 Å². The van der Waals surface area contributed by atoms with Gasteiger partial charge in [-0.15, -0.1) is 0 Å². The van der Waals surface area contributed by atoms with E-state index in [9.17, 15) is 28.0 Å². The van der Waals surface area contributed by atoms with Crippen molar-refractivity contribution >= 4 is 23.3 Å². The van der Waals surface area contributed by atoms with Gasteiger partial charge in [-0.1, -0.05) is 19.1 Å². The highest BCUT2D eigenvalue weighted by Gasteiger charge is 2.51. The Morgan fingerprint density at radius 3 is 2.30 bits per heavy atom. The van der Waals surface area contributed by atoms with Gasteiger partial charge >= 0.3 is 0 Å². The largest absolute Gasteiger partial charge is 0.497 e. The van der Waals surface area contributed by atoms with Crippen LogP contribution in [0.1, 0.15) is 45.6 Å². The first-order valence-electron chi connectivity index (χ1n) is 13.6. The van der Waals surface area contributed by atoms with Crippen molar-refractivity contribution in [2.24, 2.45) is 11.8 Å². The fourth-order valence-electron chi connectivity index (χ4n) is 4.82. The molecule has 222 valence electrons. The monoisotopic (exact) mass is 566 g/mol. The van der Waals surface area contributed by atoms with E-state index in [1.807, 2.05) is 4.90 Å². The Hall–Kier alpha value is -2.76. The van der Waals surface area contributed by atoms with Crippen molar-refractivity contribution in [2.45, 2.75) is 64.0 Å². The summed E-state index contributed by atoms with van der Waals surface area (Å²) in [6.07, 6.45) is -1.19. The number of halogens is 2. The number of Topliss-reactive ketones (excluding diaryl/α,β-unsaturated/α-hetero) is 3. The van der Waals surface area contributed by atoms with Crippen LogP contribution in [-0.4, -0.2) is 92.3 Å².